The minimum Gasteiger partial charge on any atom is -0.361 e. The Morgan fingerprint density at radius 1 is 1.24 bits per heavy atom. The van der Waals surface area contributed by atoms with Gasteiger partial charge in [0, 0.05) is 23.6 Å². The van der Waals surface area contributed by atoms with Gasteiger partial charge >= 0.3 is 6.18 Å². The lowest BCUT2D eigenvalue weighted by atomic mass is 10.2. The molecular formula is C11H11F3N2O. The number of para-hydroxylation sites is 1. The van der Waals surface area contributed by atoms with Crippen LogP contribution in [-0.4, -0.2) is 17.8 Å². The van der Waals surface area contributed by atoms with Crippen LogP contribution in [0.25, 0.3) is 10.9 Å². The van der Waals surface area contributed by atoms with E-state index in [0.29, 0.717) is 0 Å². The lowest BCUT2D eigenvalue weighted by Gasteiger charge is -2.07. The quantitative estimate of drug-likeness (QED) is 0.641. The number of aromatic nitrogens is 1. The van der Waals surface area contributed by atoms with E-state index in [1.807, 2.05) is 24.3 Å². The molecule has 0 aliphatic rings. The van der Waals surface area contributed by atoms with Crippen molar-refractivity contribution in [2.24, 2.45) is 0 Å². The monoisotopic (exact) mass is 244 g/mol. The van der Waals surface area contributed by atoms with Gasteiger partial charge < -0.3 is 4.98 Å². The SMILES string of the molecule is FC(F)(F)CONCc1c[nH]c2ccccc12. The molecule has 0 bridgehead atoms. The molecule has 1 heterocycles. The molecule has 92 valence electrons. The number of hydrogen-bond acceptors (Lipinski definition) is 2. The second kappa shape index (κ2) is 4.77. The molecule has 0 fully saturated rings. The van der Waals surface area contributed by atoms with Crippen LogP contribution < -0.4 is 5.48 Å². The van der Waals surface area contributed by atoms with Crippen LogP contribution in [-0.2, 0) is 11.4 Å². The molecule has 2 rings (SSSR count). The highest BCUT2D eigenvalue weighted by molar-refractivity contribution is 5.82. The lowest BCUT2D eigenvalue weighted by molar-refractivity contribution is -0.190. The molecule has 0 amide bonds. The minimum atomic E-state index is -4.31. The van der Waals surface area contributed by atoms with Crippen molar-refractivity contribution < 1.29 is 18.0 Å². The zero-order valence-corrected chi connectivity index (χ0v) is 8.84. The summed E-state index contributed by atoms with van der Waals surface area (Å²) < 4.78 is 35.4. The Morgan fingerprint density at radius 2 is 2.00 bits per heavy atom. The summed E-state index contributed by atoms with van der Waals surface area (Å²) in [6.45, 7) is -1.07. The molecule has 17 heavy (non-hydrogen) atoms. The Hall–Kier alpha value is -1.53. The van der Waals surface area contributed by atoms with Gasteiger partial charge in [0.2, 0.25) is 0 Å². The number of nitrogens with one attached hydrogen (secondary N) is 2. The first kappa shape index (κ1) is 11.9. The van der Waals surface area contributed by atoms with E-state index in [4.69, 9.17) is 0 Å². The zero-order chi connectivity index (χ0) is 12.3. The maximum absolute atomic E-state index is 11.8. The summed E-state index contributed by atoms with van der Waals surface area (Å²) >= 11 is 0. The zero-order valence-electron chi connectivity index (χ0n) is 8.84. The molecule has 3 nitrogen and oxygen atoms in total. The van der Waals surface area contributed by atoms with Gasteiger partial charge in [0.25, 0.3) is 0 Å². The molecular weight excluding hydrogens is 233 g/mol. The summed E-state index contributed by atoms with van der Waals surface area (Å²) in [4.78, 5) is 7.36. The maximum Gasteiger partial charge on any atom is 0.413 e. The second-order valence-electron chi connectivity index (χ2n) is 3.58. The Kier molecular flexibility index (Phi) is 3.35. The smallest absolute Gasteiger partial charge is 0.361 e. The van der Waals surface area contributed by atoms with Crippen LogP contribution in [0.3, 0.4) is 0 Å². The molecule has 2 N–H and O–H groups in total. The molecule has 0 saturated carbocycles. The van der Waals surface area contributed by atoms with Crippen molar-refractivity contribution in [1.29, 1.82) is 0 Å². The van der Waals surface area contributed by atoms with Crippen LogP contribution in [0.2, 0.25) is 0 Å². The van der Waals surface area contributed by atoms with E-state index in [9.17, 15) is 13.2 Å². The lowest BCUT2D eigenvalue weighted by Crippen LogP contribution is -2.24. The third-order valence-corrected chi connectivity index (χ3v) is 2.28. The van der Waals surface area contributed by atoms with Crippen LogP contribution in [0.4, 0.5) is 13.2 Å². The summed E-state index contributed by atoms with van der Waals surface area (Å²) in [5.41, 5.74) is 4.10. The van der Waals surface area contributed by atoms with E-state index in [2.05, 4.69) is 15.3 Å². The summed E-state index contributed by atoms with van der Waals surface area (Å²) in [6, 6.07) is 7.55. The molecule has 0 aliphatic carbocycles. The molecule has 0 spiro atoms. The highest BCUT2D eigenvalue weighted by atomic mass is 19.4. The van der Waals surface area contributed by atoms with Gasteiger partial charge in [0.15, 0.2) is 6.61 Å². The van der Waals surface area contributed by atoms with Crippen LogP contribution in [0.15, 0.2) is 30.5 Å². The predicted molar refractivity (Wildman–Crippen MR) is 57.1 cm³/mol. The van der Waals surface area contributed by atoms with E-state index < -0.39 is 12.8 Å². The predicted octanol–water partition coefficient (Wildman–Crippen LogP) is 2.75. The van der Waals surface area contributed by atoms with Gasteiger partial charge in [0.1, 0.15) is 0 Å². The molecule has 1 aromatic carbocycles. The number of rotatable bonds is 4. The number of fused-ring (bicyclic) bond motifs is 1. The first-order valence-corrected chi connectivity index (χ1v) is 5.03. The van der Waals surface area contributed by atoms with Crippen LogP contribution in [0.5, 0.6) is 0 Å². The average molecular weight is 244 g/mol. The van der Waals surface area contributed by atoms with Crippen LogP contribution in [0, 0.1) is 0 Å². The third-order valence-electron chi connectivity index (χ3n) is 2.28. The van der Waals surface area contributed by atoms with Crippen molar-refractivity contribution in [2.75, 3.05) is 6.61 Å². The largest absolute Gasteiger partial charge is 0.413 e. The third kappa shape index (κ3) is 3.21. The standard InChI is InChI=1S/C11H11F3N2O/c12-11(13,14)7-17-16-6-8-5-15-10-4-2-1-3-9(8)10/h1-5,15-16H,6-7H2. The number of hydroxylamine groups is 1. The topological polar surface area (TPSA) is 37.0 Å². The first-order chi connectivity index (χ1) is 8.06. The molecule has 0 unspecified atom stereocenters. The van der Waals surface area contributed by atoms with Gasteiger partial charge in [-0.1, -0.05) is 18.2 Å². The highest BCUT2D eigenvalue weighted by Crippen LogP contribution is 2.17. The van der Waals surface area contributed by atoms with Crippen LogP contribution in [0.1, 0.15) is 5.56 Å². The summed E-state index contributed by atoms with van der Waals surface area (Å²) in [7, 11) is 0. The summed E-state index contributed by atoms with van der Waals surface area (Å²) in [6.07, 6.45) is -2.57. The van der Waals surface area contributed by atoms with Gasteiger partial charge in [-0.15, -0.1) is 0 Å². The minimum absolute atomic E-state index is 0.222. The van der Waals surface area contributed by atoms with Crippen molar-refractivity contribution in [1.82, 2.24) is 10.5 Å². The van der Waals surface area contributed by atoms with Crippen molar-refractivity contribution >= 4 is 10.9 Å². The van der Waals surface area contributed by atoms with Gasteiger partial charge in [-0.3, -0.25) is 4.84 Å². The number of hydrogen-bond donors (Lipinski definition) is 2. The molecule has 6 heteroatoms. The normalized spacial score (nSPS) is 12.2. The molecule has 0 saturated heterocycles. The number of aromatic amines is 1. The molecule has 0 radical (unpaired) electrons. The number of alkyl halides is 3. The Labute approximate surface area is 95.5 Å². The van der Waals surface area contributed by atoms with Crippen molar-refractivity contribution in [3.63, 3.8) is 0 Å². The Balaban J connectivity index is 1.91. The van der Waals surface area contributed by atoms with Gasteiger partial charge in [-0.05, 0) is 11.6 Å². The van der Waals surface area contributed by atoms with E-state index in [1.54, 1.807) is 6.20 Å². The van der Waals surface area contributed by atoms with E-state index in [0.717, 1.165) is 16.5 Å². The van der Waals surface area contributed by atoms with E-state index in [-0.39, 0.29) is 6.54 Å². The Bertz CT molecular complexity index is 493. The van der Waals surface area contributed by atoms with Gasteiger partial charge in [-0.25, -0.2) is 0 Å². The molecule has 1 aromatic heterocycles. The molecule has 0 atom stereocenters. The van der Waals surface area contributed by atoms with Crippen molar-refractivity contribution in [3.8, 4) is 0 Å². The molecule has 0 aliphatic heterocycles. The number of halogens is 3. The Morgan fingerprint density at radius 3 is 2.76 bits per heavy atom. The molecule has 2 aromatic rings. The van der Waals surface area contributed by atoms with Gasteiger partial charge in [-0.2, -0.15) is 18.7 Å². The average Bonchev–Trinajstić information content (AvgIpc) is 2.67. The van der Waals surface area contributed by atoms with Crippen molar-refractivity contribution in [2.45, 2.75) is 12.7 Å². The van der Waals surface area contributed by atoms with Gasteiger partial charge in [0.05, 0.1) is 0 Å². The summed E-state index contributed by atoms with van der Waals surface area (Å²) in [5, 5.41) is 0.968. The fourth-order valence-electron chi connectivity index (χ4n) is 1.54. The number of benzene rings is 1. The van der Waals surface area contributed by atoms with Crippen molar-refractivity contribution in [3.05, 3.63) is 36.0 Å². The fraction of sp³-hybridized carbons (Fsp3) is 0.273. The number of H-pyrrole nitrogens is 1. The van der Waals surface area contributed by atoms with Crippen LogP contribution >= 0.6 is 0 Å². The van der Waals surface area contributed by atoms with E-state index in [1.165, 1.54) is 0 Å². The first-order valence-electron chi connectivity index (χ1n) is 5.03. The maximum atomic E-state index is 11.8. The second-order valence-corrected chi connectivity index (χ2v) is 3.58. The fourth-order valence-corrected chi connectivity index (χ4v) is 1.54. The van der Waals surface area contributed by atoms with E-state index >= 15 is 0 Å². The highest BCUT2D eigenvalue weighted by Gasteiger charge is 2.27. The summed E-state index contributed by atoms with van der Waals surface area (Å²) in [5.74, 6) is 0.